The fourth-order valence-corrected chi connectivity index (χ4v) is 4.89. The van der Waals surface area contributed by atoms with E-state index in [2.05, 4.69) is 4.98 Å². The van der Waals surface area contributed by atoms with Crippen LogP contribution in [0.4, 0.5) is 13.9 Å². The van der Waals surface area contributed by atoms with Crippen LogP contribution in [0.1, 0.15) is 17.2 Å². The Labute approximate surface area is 195 Å². The zero-order chi connectivity index (χ0) is 23.3. The molecule has 1 saturated heterocycles. The van der Waals surface area contributed by atoms with E-state index in [1.165, 1.54) is 35.2 Å². The van der Waals surface area contributed by atoms with Gasteiger partial charge in [0.05, 0.1) is 21.8 Å². The number of nitrogens with zero attached hydrogens (tertiary/aromatic N) is 2. The van der Waals surface area contributed by atoms with Crippen LogP contribution in [0.2, 0.25) is 5.02 Å². The lowest BCUT2D eigenvalue weighted by molar-refractivity contribution is -0.132. The second-order valence-corrected chi connectivity index (χ2v) is 8.78. The fraction of sp³-hybridized carbons (Fsp3) is 0.0417. The molecule has 0 bridgehead atoms. The summed E-state index contributed by atoms with van der Waals surface area (Å²) in [5, 5.41) is 11.6. The largest absolute Gasteiger partial charge is 0.507 e. The molecule has 0 aliphatic carbocycles. The summed E-state index contributed by atoms with van der Waals surface area (Å²) in [7, 11) is 0. The molecule has 1 fully saturated rings. The van der Waals surface area contributed by atoms with Gasteiger partial charge >= 0.3 is 5.91 Å². The minimum absolute atomic E-state index is 0.167. The number of benzene rings is 3. The lowest BCUT2D eigenvalue weighted by Gasteiger charge is -2.23. The van der Waals surface area contributed by atoms with Crippen molar-refractivity contribution in [1.29, 1.82) is 0 Å². The first-order valence-electron chi connectivity index (χ1n) is 9.72. The molecule has 33 heavy (non-hydrogen) atoms. The van der Waals surface area contributed by atoms with Gasteiger partial charge < -0.3 is 5.11 Å². The van der Waals surface area contributed by atoms with Gasteiger partial charge in [0, 0.05) is 10.6 Å². The van der Waals surface area contributed by atoms with Gasteiger partial charge in [-0.1, -0.05) is 35.1 Å². The Hall–Kier alpha value is -3.62. The van der Waals surface area contributed by atoms with Gasteiger partial charge in [-0.3, -0.25) is 14.5 Å². The maximum atomic E-state index is 13.7. The first kappa shape index (κ1) is 21.2. The molecular formula is C24H13ClF2N2O3S. The van der Waals surface area contributed by atoms with E-state index in [4.69, 9.17) is 11.6 Å². The van der Waals surface area contributed by atoms with Crippen LogP contribution in [0.3, 0.4) is 0 Å². The molecule has 0 radical (unpaired) electrons. The minimum atomic E-state index is -1.02. The van der Waals surface area contributed by atoms with Crippen LogP contribution < -0.4 is 4.90 Å². The van der Waals surface area contributed by atoms with Crippen LogP contribution in [-0.4, -0.2) is 21.8 Å². The monoisotopic (exact) mass is 482 g/mol. The molecule has 1 aliphatic rings. The Kier molecular flexibility index (Phi) is 5.19. The maximum absolute atomic E-state index is 13.7. The van der Waals surface area contributed by atoms with Gasteiger partial charge in [-0.2, -0.15) is 0 Å². The van der Waals surface area contributed by atoms with Crippen LogP contribution >= 0.6 is 22.9 Å². The Morgan fingerprint density at radius 3 is 2.33 bits per heavy atom. The third-order valence-corrected chi connectivity index (χ3v) is 6.56. The molecule has 1 atom stereocenters. The second-order valence-electron chi connectivity index (χ2n) is 7.34. The quantitative estimate of drug-likeness (QED) is 0.226. The first-order valence-corrected chi connectivity index (χ1v) is 10.9. The summed E-state index contributed by atoms with van der Waals surface area (Å²) in [4.78, 5) is 31.8. The summed E-state index contributed by atoms with van der Waals surface area (Å²) >= 11 is 7.07. The van der Waals surface area contributed by atoms with E-state index < -0.39 is 35.1 Å². The Balaban J connectivity index is 1.73. The molecule has 0 spiro atoms. The summed E-state index contributed by atoms with van der Waals surface area (Å²) in [6.45, 7) is 0. The molecule has 0 saturated carbocycles. The molecular weight excluding hydrogens is 470 g/mol. The highest BCUT2D eigenvalue weighted by molar-refractivity contribution is 7.22. The highest BCUT2D eigenvalue weighted by Gasteiger charge is 2.48. The number of hydrogen-bond donors (Lipinski definition) is 1. The average Bonchev–Trinajstić information content (AvgIpc) is 3.32. The van der Waals surface area contributed by atoms with Crippen LogP contribution in [0.5, 0.6) is 0 Å². The van der Waals surface area contributed by atoms with E-state index in [0.717, 1.165) is 23.5 Å². The Bertz CT molecular complexity index is 1450. The van der Waals surface area contributed by atoms with Gasteiger partial charge in [0.15, 0.2) is 5.13 Å². The molecule has 1 N–H and O–H groups in total. The van der Waals surface area contributed by atoms with E-state index >= 15 is 0 Å². The van der Waals surface area contributed by atoms with Crippen LogP contribution in [0.15, 0.2) is 72.3 Å². The number of carbonyl (C=O) groups excluding carboxylic acids is 2. The molecule has 2 heterocycles. The molecule has 1 amide bonds. The lowest BCUT2D eigenvalue weighted by atomic mass is 9.95. The van der Waals surface area contributed by atoms with Crippen molar-refractivity contribution in [1.82, 2.24) is 4.98 Å². The zero-order valence-electron chi connectivity index (χ0n) is 16.6. The van der Waals surface area contributed by atoms with Crippen LogP contribution in [0, 0.1) is 11.6 Å². The van der Waals surface area contributed by atoms with Crippen molar-refractivity contribution in [2.75, 3.05) is 4.90 Å². The number of amides is 1. The first-order chi connectivity index (χ1) is 15.8. The third kappa shape index (κ3) is 3.67. The Morgan fingerprint density at radius 1 is 0.970 bits per heavy atom. The number of rotatable bonds is 3. The van der Waals surface area contributed by atoms with E-state index in [1.807, 2.05) is 0 Å². The van der Waals surface area contributed by atoms with Crippen molar-refractivity contribution in [2.24, 2.45) is 0 Å². The number of aliphatic hydroxyl groups is 1. The predicted octanol–water partition coefficient (Wildman–Crippen LogP) is 5.85. The minimum Gasteiger partial charge on any atom is -0.507 e. The van der Waals surface area contributed by atoms with Gasteiger partial charge in [0.1, 0.15) is 17.4 Å². The predicted molar refractivity (Wildman–Crippen MR) is 122 cm³/mol. The van der Waals surface area contributed by atoms with Crippen molar-refractivity contribution >= 4 is 55.7 Å². The summed E-state index contributed by atoms with van der Waals surface area (Å²) in [6.07, 6.45) is 0. The lowest BCUT2D eigenvalue weighted by Crippen LogP contribution is -2.29. The normalized spacial score (nSPS) is 17.8. The van der Waals surface area contributed by atoms with E-state index in [0.29, 0.717) is 20.8 Å². The number of thiazole rings is 1. The highest BCUT2D eigenvalue weighted by atomic mass is 35.5. The average molecular weight is 483 g/mol. The van der Waals surface area contributed by atoms with Crippen molar-refractivity contribution in [3.05, 3.63) is 100 Å². The number of ketones is 1. The molecule has 1 aromatic heterocycles. The summed E-state index contributed by atoms with van der Waals surface area (Å²) < 4.78 is 27.6. The Morgan fingerprint density at radius 2 is 1.64 bits per heavy atom. The molecule has 4 aromatic rings. The van der Waals surface area contributed by atoms with Gasteiger partial charge in [-0.05, 0) is 60.2 Å². The maximum Gasteiger partial charge on any atom is 0.301 e. The van der Waals surface area contributed by atoms with Crippen molar-refractivity contribution in [3.63, 3.8) is 0 Å². The molecule has 3 aromatic carbocycles. The molecule has 1 unspecified atom stereocenters. The standard InChI is InChI=1S/C24H13ClF2N2O3S/c25-14-5-1-12(2-6-14)20-19(21(30)13-3-7-15(26)8-4-13)22(31)23(32)29(20)24-28-17-10-9-16(27)11-18(17)33-24/h1-11,20,30H. The number of Topliss-reactive ketones (excluding diaryl/α,β-unsaturated/α-hetero) is 1. The number of halogens is 3. The van der Waals surface area contributed by atoms with Crippen molar-refractivity contribution in [2.45, 2.75) is 6.04 Å². The van der Waals surface area contributed by atoms with Gasteiger partial charge in [-0.15, -0.1) is 0 Å². The van der Waals surface area contributed by atoms with Gasteiger partial charge in [0.25, 0.3) is 5.78 Å². The molecule has 164 valence electrons. The third-order valence-electron chi connectivity index (χ3n) is 5.29. The van der Waals surface area contributed by atoms with E-state index in [1.54, 1.807) is 24.3 Å². The molecule has 5 nitrogen and oxygen atoms in total. The summed E-state index contributed by atoms with van der Waals surface area (Å²) in [5.74, 6) is -3.21. The number of anilines is 1. The van der Waals surface area contributed by atoms with Crippen LogP contribution in [0.25, 0.3) is 16.0 Å². The van der Waals surface area contributed by atoms with Crippen LogP contribution in [-0.2, 0) is 9.59 Å². The van der Waals surface area contributed by atoms with Gasteiger partial charge in [0.2, 0.25) is 0 Å². The van der Waals surface area contributed by atoms with Crippen molar-refractivity contribution in [3.8, 4) is 0 Å². The summed E-state index contributed by atoms with van der Waals surface area (Å²) in [5.41, 5.74) is 0.985. The number of aliphatic hydroxyl groups excluding tert-OH is 1. The number of carbonyl (C=O) groups is 2. The second kappa shape index (κ2) is 8.06. The SMILES string of the molecule is O=C1C(=O)N(c2nc3ccc(F)cc3s2)C(c2ccc(Cl)cc2)C1=C(O)c1ccc(F)cc1. The topological polar surface area (TPSA) is 70.5 Å². The molecule has 9 heteroatoms. The van der Waals surface area contributed by atoms with Gasteiger partial charge in [-0.25, -0.2) is 13.8 Å². The fourth-order valence-electron chi connectivity index (χ4n) is 3.74. The van der Waals surface area contributed by atoms with Crippen molar-refractivity contribution < 1.29 is 23.5 Å². The summed E-state index contributed by atoms with van der Waals surface area (Å²) in [6, 6.07) is 14.4. The zero-order valence-corrected chi connectivity index (χ0v) is 18.2. The number of hydrogen-bond acceptors (Lipinski definition) is 5. The number of aromatic nitrogens is 1. The molecule has 5 rings (SSSR count). The highest BCUT2D eigenvalue weighted by Crippen LogP contribution is 2.44. The number of fused-ring (bicyclic) bond motifs is 1. The molecule has 1 aliphatic heterocycles. The van der Waals surface area contributed by atoms with E-state index in [-0.39, 0.29) is 16.3 Å². The smallest absolute Gasteiger partial charge is 0.301 e. The van der Waals surface area contributed by atoms with E-state index in [9.17, 15) is 23.5 Å².